The molecule has 0 saturated carbocycles. The molecule has 5 rings (SSSR count). The summed E-state index contributed by atoms with van der Waals surface area (Å²) in [5.41, 5.74) is 4.45. The number of aromatic nitrogens is 1. The third-order valence-electron chi connectivity index (χ3n) is 4.52. The summed E-state index contributed by atoms with van der Waals surface area (Å²) >= 11 is 6.23. The van der Waals surface area contributed by atoms with Gasteiger partial charge in [-0.1, -0.05) is 60.1 Å². The summed E-state index contributed by atoms with van der Waals surface area (Å²) in [7, 11) is 0. The molecule has 1 aromatic heterocycles. The summed E-state index contributed by atoms with van der Waals surface area (Å²) in [6, 6.07) is 26.7. The molecule has 2 nitrogen and oxygen atoms in total. The second-order valence-corrected chi connectivity index (χ2v) is 6.42. The van der Waals surface area contributed by atoms with E-state index in [-0.39, 0.29) is 6.23 Å². The molecular formula is C21H14ClNO. The Bertz CT molecular complexity index is 1050. The van der Waals surface area contributed by atoms with Gasteiger partial charge in [-0.15, -0.1) is 0 Å². The second kappa shape index (κ2) is 5.15. The first-order valence-electron chi connectivity index (χ1n) is 7.93. The van der Waals surface area contributed by atoms with E-state index in [9.17, 15) is 0 Å². The lowest BCUT2D eigenvalue weighted by atomic mass is 10.1. The lowest BCUT2D eigenvalue weighted by Crippen LogP contribution is -2.22. The minimum Gasteiger partial charge on any atom is -0.465 e. The molecule has 4 aromatic rings. The van der Waals surface area contributed by atoms with Crippen LogP contribution in [0.15, 0.2) is 78.9 Å². The van der Waals surface area contributed by atoms with Crippen molar-refractivity contribution in [1.82, 2.24) is 4.57 Å². The van der Waals surface area contributed by atoms with E-state index in [0.29, 0.717) is 5.02 Å². The molecule has 0 radical (unpaired) electrons. The number of nitrogens with zero attached hydrogens (tertiary/aromatic N) is 1. The van der Waals surface area contributed by atoms with E-state index in [1.807, 2.05) is 36.4 Å². The number of halogens is 1. The third kappa shape index (κ3) is 1.97. The first-order valence-corrected chi connectivity index (χ1v) is 8.30. The molecule has 116 valence electrons. The standard InChI is InChI=1S/C21H14ClNO/c22-16-10-11-20-17(13-16)19-12-15-8-4-5-9-18(15)23(19)21(24-20)14-6-2-1-3-7-14/h1-13,21H/t21-/m0/s1. The van der Waals surface area contributed by atoms with E-state index >= 15 is 0 Å². The van der Waals surface area contributed by atoms with Gasteiger partial charge in [0.2, 0.25) is 6.23 Å². The van der Waals surface area contributed by atoms with Gasteiger partial charge in [-0.2, -0.15) is 0 Å². The molecule has 1 aliphatic heterocycles. The summed E-state index contributed by atoms with van der Waals surface area (Å²) in [5.74, 6) is 0.864. The number of hydrogen-bond acceptors (Lipinski definition) is 1. The van der Waals surface area contributed by atoms with Gasteiger partial charge < -0.3 is 9.30 Å². The number of hydrogen-bond donors (Lipinski definition) is 0. The van der Waals surface area contributed by atoms with Gasteiger partial charge >= 0.3 is 0 Å². The van der Waals surface area contributed by atoms with Crippen molar-refractivity contribution in [2.24, 2.45) is 0 Å². The predicted octanol–water partition coefficient (Wildman–Crippen LogP) is 5.90. The maximum absolute atomic E-state index is 6.37. The van der Waals surface area contributed by atoms with Crippen molar-refractivity contribution in [3.8, 4) is 17.0 Å². The molecule has 0 N–H and O–H groups in total. The van der Waals surface area contributed by atoms with Crippen LogP contribution in [-0.2, 0) is 0 Å². The van der Waals surface area contributed by atoms with Gasteiger partial charge in [-0.25, -0.2) is 0 Å². The van der Waals surface area contributed by atoms with E-state index in [2.05, 4.69) is 47.0 Å². The summed E-state index contributed by atoms with van der Waals surface area (Å²) in [4.78, 5) is 0. The first-order chi connectivity index (χ1) is 11.8. The van der Waals surface area contributed by atoms with Gasteiger partial charge in [0.1, 0.15) is 5.75 Å². The lowest BCUT2D eigenvalue weighted by Gasteiger charge is -2.30. The Kier molecular flexibility index (Phi) is 2.94. The predicted molar refractivity (Wildman–Crippen MR) is 97.6 cm³/mol. The van der Waals surface area contributed by atoms with E-state index < -0.39 is 0 Å². The summed E-state index contributed by atoms with van der Waals surface area (Å²) in [6.07, 6.45) is -0.185. The Morgan fingerprint density at radius 2 is 1.62 bits per heavy atom. The minimum atomic E-state index is -0.185. The van der Waals surface area contributed by atoms with E-state index in [0.717, 1.165) is 28.1 Å². The SMILES string of the molecule is Clc1ccc2c(c1)-c1cc3ccccc3n1[C@H](c1ccccc1)O2. The van der Waals surface area contributed by atoms with Crippen molar-refractivity contribution in [3.63, 3.8) is 0 Å². The topological polar surface area (TPSA) is 14.2 Å². The number of fused-ring (bicyclic) bond motifs is 5. The maximum Gasteiger partial charge on any atom is 0.203 e. The molecule has 0 fully saturated rings. The molecule has 3 heteroatoms. The van der Waals surface area contributed by atoms with Crippen LogP contribution in [0.3, 0.4) is 0 Å². The van der Waals surface area contributed by atoms with Gasteiger partial charge in [-0.05, 0) is 30.3 Å². The number of para-hydroxylation sites is 1. The quantitative estimate of drug-likeness (QED) is 0.423. The highest BCUT2D eigenvalue weighted by Crippen LogP contribution is 2.44. The summed E-state index contributed by atoms with van der Waals surface area (Å²) < 4.78 is 8.62. The van der Waals surface area contributed by atoms with Crippen LogP contribution < -0.4 is 4.74 Å². The second-order valence-electron chi connectivity index (χ2n) is 5.98. The van der Waals surface area contributed by atoms with Gasteiger partial charge in [0.05, 0.1) is 11.2 Å². The fourth-order valence-electron chi connectivity index (χ4n) is 3.45. The maximum atomic E-state index is 6.37. The Morgan fingerprint density at radius 3 is 2.50 bits per heavy atom. The number of ether oxygens (including phenoxy) is 1. The average Bonchev–Trinajstić information content (AvgIpc) is 3.02. The van der Waals surface area contributed by atoms with E-state index in [4.69, 9.17) is 16.3 Å². The highest BCUT2D eigenvalue weighted by atomic mass is 35.5. The lowest BCUT2D eigenvalue weighted by molar-refractivity contribution is 0.173. The van der Waals surface area contributed by atoms with Crippen molar-refractivity contribution < 1.29 is 4.74 Å². The van der Waals surface area contributed by atoms with Crippen LogP contribution in [0, 0.1) is 0 Å². The van der Waals surface area contributed by atoms with Crippen LogP contribution in [0.2, 0.25) is 5.02 Å². The summed E-state index contributed by atoms with van der Waals surface area (Å²) in [5, 5.41) is 1.91. The Balaban J connectivity index is 1.84. The molecule has 0 saturated heterocycles. The minimum absolute atomic E-state index is 0.185. The molecule has 3 aromatic carbocycles. The van der Waals surface area contributed by atoms with Gasteiger partial charge in [-0.3, -0.25) is 0 Å². The van der Waals surface area contributed by atoms with Gasteiger partial charge in [0.15, 0.2) is 0 Å². The fraction of sp³-hybridized carbons (Fsp3) is 0.0476. The summed E-state index contributed by atoms with van der Waals surface area (Å²) in [6.45, 7) is 0. The largest absolute Gasteiger partial charge is 0.465 e. The molecule has 0 amide bonds. The fourth-order valence-corrected chi connectivity index (χ4v) is 3.62. The normalized spacial score (nSPS) is 15.6. The molecule has 1 atom stereocenters. The smallest absolute Gasteiger partial charge is 0.203 e. The van der Waals surface area contributed by atoms with Crippen LogP contribution in [-0.4, -0.2) is 4.57 Å². The molecule has 0 aliphatic carbocycles. The van der Waals surface area contributed by atoms with Crippen LogP contribution in [0.5, 0.6) is 5.75 Å². The molecule has 2 heterocycles. The van der Waals surface area contributed by atoms with Gasteiger partial charge in [0.25, 0.3) is 0 Å². The van der Waals surface area contributed by atoms with Crippen molar-refractivity contribution in [1.29, 1.82) is 0 Å². The number of rotatable bonds is 1. The van der Waals surface area contributed by atoms with Crippen molar-refractivity contribution in [2.45, 2.75) is 6.23 Å². The highest BCUT2D eigenvalue weighted by molar-refractivity contribution is 6.31. The van der Waals surface area contributed by atoms with Crippen LogP contribution in [0.1, 0.15) is 11.8 Å². The average molecular weight is 332 g/mol. The monoisotopic (exact) mass is 331 g/mol. The Hall–Kier alpha value is -2.71. The van der Waals surface area contributed by atoms with Crippen molar-refractivity contribution in [3.05, 3.63) is 89.4 Å². The van der Waals surface area contributed by atoms with Crippen molar-refractivity contribution >= 4 is 22.5 Å². The van der Waals surface area contributed by atoms with Crippen molar-refractivity contribution in [2.75, 3.05) is 0 Å². The zero-order chi connectivity index (χ0) is 16.1. The van der Waals surface area contributed by atoms with Gasteiger partial charge in [0, 0.05) is 21.5 Å². The third-order valence-corrected chi connectivity index (χ3v) is 4.76. The molecule has 0 bridgehead atoms. The van der Waals surface area contributed by atoms with Crippen LogP contribution in [0.4, 0.5) is 0 Å². The van der Waals surface area contributed by atoms with Crippen LogP contribution >= 0.6 is 11.6 Å². The van der Waals surface area contributed by atoms with E-state index in [1.165, 1.54) is 5.39 Å². The zero-order valence-electron chi connectivity index (χ0n) is 12.8. The Labute approximate surface area is 144 Å². The Morgan fingerprint density at radius 1 is 0.833 bits per heavy atom. The molecule has 0 unspecified atom stereocenters. The molecule has 0 spiro atoms. The van der Waals surface area contributed by atoms with E-state index in [1.54, 1.807) is 0 Å². The zero-order valence-corrected chi connectivity index (χ0v) is 13.6. The molecule has 24 heavy (non-hydrogen) atoms. The molecular weight excluding hydrogens is 318 g/mol. The number of benzene rings is 3. The highest BCUT2D eigenvalue weighted by Gasteiger charge is 2.28. The first kappa shape index (κ1) is 13.7. The van der Waals surface area contributed by atoms with Crippen LogP contribution in [0.25, 0.3) is 22.2 Å². The molecule has 1 aliphatic rings.